The van der Waals surface area contributed by atoms with Gasteiger partial charge in [0.2, 0.25) is 0 Å². The second kappa shape index (κ2) is 12.4. The van der Waals surface area contributed by atoms with Crippen molar-refractivity contribution >= 4 is 24.8 Å². The van der Waals surface area contributed by atoms with Gasteiger partial charge in [0, 0.05) is 0 Å². The molecule has 1 saturated heterocycles. The standard InChI is InChI=1S/C28H39FNO3P/c1-4-12-25(28(32)30-27-21(2)17-24(29)18-22(27)3)34(15-10-5-6-11-16-34)20-26(31)33-19-23-13-8-7-9-14-23/h7-9,13-14,17-18,25,34H,4-6,10-12,15-16,19-20H2,1-3H3,(H,30,32). The Morgan fingerprint density at radius 1 is 1.03 bits per heavy atom. The molecule has 0 aromatic heterocycles. The monoisotopic (exact) mass is 487 g/mol. The molecule has 2 aromatic carbocycles. The molecule has 4 nitrogen and oxygen atoms in total. The molecular formula is C28H39FNO3P. The Labute approximate surface area is 204 Å². The Morgan fingerprint density at radius 2 is 1.65 bits per heavy atom. The van der Waals surface area contributed by atoms with Crippen molar-refractivity contribution in [2.24, 2.45) is 0 Å². The summed E-state index contributed by atoms with van der Waals surface area (Å²) in [7, 11) is -2.31. The van der Waals surface area contributed by atoms with E-state index >= 15 is 0 Å². The van der Waals surface area contributed by atoms with E-state index in [-0.39, 0.29) is 30.0 Å². The van der Waals surface area contributed by atoms with Crippen LogP contribution in [0.2, 0.25) is 0 Å². The van der Waals surface area contributed by atoms with Crippen LogP contribution in [0, 0.1) is 19.7 Å². The molecule has 0 spiro atoms. The predicted molar refractivity (Wildman–Crippen MR) is 141 cm³/mol. The van der Waals surface area contributed by atoms with E-state index < -0.39 is 7.26 Å². The molecule has 1 unspecified atom stereocenters. The first kappa shape index (κ1) is 26.3. The molecule has 3 rings (SSSR count). The Bertz CT molecular complexity index is 948. The number of nitrogens with one attached hydrogen (secondary N) is 1. The van der Waals surface area contributed by atoms with Gasteiger partial charge in [0.15, 0.2) is 0 Å². The van der Waals surface area contributed by atoms with Crippen LogP contribution in [0.1, 0.15) is 62.1 Å². The number of aryl methyl sites for hydroxylation is 2. The summed E-state index contributed by atoms with van der Waals surface area (Å²) in [6, 6.07) is 12.6. The Balaban J connectivity index is 1.83. The van der Waals surface area contributed by atoms with E-state index in [4.69, 9.17) is 4.74 Å². The maximum atomic E-state index is 13.8. The van der Waals surface area contributed by atoms with Crippen LogP contribution < -0.4 is 5.32 Å². The normalized spacial score (nSPS) is 17.3. The number of hydrogen-bond donors (Lipinski definition) is 1. The van der Waals surface area contributed by atoms with E-state index in [9.17, 15) is 14.0 Å². The summed E-state index contributed by atoms with van der Waals surface area (Å²) in [5, 5.41) is 3.14. The van der Waals surface area contributed by atoms with Crippen LogP contribution >= 0.6 is 7.26 Å². The summed E-state index contributed by atoms with van der Waals surface area (Å²) in [5.74, 6) is -0.488. The van der Waals surface area contributed by atoms with E-state index in [0.717, 1.165) is 67.5 Å². The summed E-state index contributed by atoms with van der Waals surface area (Å²) in [6.07, 6.45) is 8.45. The summed E-state index contributed by atoms with van der Waals surface area (Å²) >= 11 is 0. The van der Waals surface area contributed by atoms with Gasteiger partial charge in [-0.05, 0) is 0 Å². The van der Waals surface area contributed by atoms with Gasteiger partial charge in [0.1, 0.15) is 0 Å². The second-order valence-corrected chi connectivity index (χ2v) is 14.6. The Hall–Kier alpha value is -2.26. The summed E-state index contributed by atoms with van der Waals surface area (Å²) < 4.78 is 19.5. The topological polar surface area (TPSA) is 55.4 Å². The average Bonchev–Trinajstić information content (AvgIpc) is 3.05. The molecule has 1 N–H and O–H groups in total. The fourth-order valence-corrected chi connectivity index (χ4v) is 11.1. The minimum absolute atomic E-state index is 0.0101. The number of esters is 1. The van der Waals surface area contributed by atoms with E-state index in [1.807, 2.05) is 44.2 Å². The van der Waals surface area contributed by atoms with Crippen LogP contribution in [0.5, 0.6) is 0 Å². The average molecular weight is 488 g/mol. The molecule has 1 fully saturated rings. The summed E-state index contributed by atoms with van der Waals surface area (Å²) in [5.41, 5.74) is 2.94. The van der Waals surface area contributed by atoms with Crippen molar-refractivity contribution in [3.8, 4) is 0 Å². The number of benzene rings is 2. The first-order valence-electron chi connectivity index (χ1n) is 12.6. The van der Waals surface area contributed by atoms with Crippen molar-refractivity contribution in [1.29, 1.82) is 0 Å². The van der Waals surface area contributed by atoms with Crippen molar-refractivity contribution in [1.82, 2.24) is 0 Å². The number of hydrogen-bond acceptors (Lipinski definition) is 3. The van der Waals surface area contributed by atoms with Gasteiger partial charge in [-0.15, -0.1) is 0 Å². The molecule has 2 aromatic rings. The number of halogens is 1. The molecule has 34 heavy (non-hydrogen) atoms. The maximum absolute atomic E-state index is 13.8. The number of amides is 1. The fraction of sp³-hybridized carbons (Fsp3) is 0.500. The van der Waals surface area contributed by atoms with E-state index in [0.29, 0.717) is 11.8 Å². The number of carbonyl (C=O) groups excluding carboxylic acids is 2. The summed E-state index contributed by atoms with van der Waals surface area (Å²) in [6.45, 7) is 6.00. The first-order valence-corrected chi connectivity index (χ1v) is 15.3. The molecule has 1 heterocycles. The second-order valence-electron chi connectivity index (χ2n) is 9.84. The van der Waals surface area contributed by atoms with Gasteiger partial charge in [0.25, 0.3) is 0 Å². The van der Waals surface area contributed by atoms with Gasteiger partial charge in [-0.3, -0.25) is 0 Å². The van der Waals surface area contributed by atoms with E-state index in [1.165, 1.54) is 12.1 Å². The molecule has 0 radical (unpaired) electrons. The number of carbonyl (C=O) groups is 2. The van der Waals surface area contributed by atoms with Crippen molar-refractivity contribution in [3.63, 3.8) is 0 Å². The number of anilines is 1. The van der Waals surface area contributed by atoms with Crippen LogP contribution in [0.3, 0.4) is 0 Å². The summed E-state index contributed by atoms with van der Waals surface area (Å²) in [4.78, 5) is 26.8. The van der Waals surface area contributed by atoms with Crippen molar-refractivity contribution in [2.75, 3.05) is 23.8 Å². The molecule has 0 saturated carbocycles. The molecule has 1 aliphatic rings. The van der Waals surface area contributed by atoms with Crippen LogP contribution in [0.4, 0.5) is 10.1 Å². The predicted octanol–water partition coefficient (Wildman–Crippen LogP) is 6.62. The van der Waals surface area contributed by atoms with Gasteiger partial charge >= 0.3 is 204 Å². The fourth-order valence-electron chi connectivity index (χ4n) is 5.48. The van der Waals surface area contributed by atoms with Gasteiger partial charge in [-0.1, -0.05) is 0 Å². The molecular weight excluding hydrogens is 448 g/mol. The van der Waals surface area contributed by atoms with Crippen molar-refractivity contribution < 1.29 is 18.7 Å². The molecule has 0 aliphatic carbocycles. The SMILES string of the molecule is CCCC(C(=O)Nc1c(C)cc(F)cc1C)[PH]1(CC(=O)OCc2ccccc2)CCCCCC1. The Kier molecular flexibility index (Phi) is 9.64. The van der Waals surface area contributed by atoms with Gasteiger partial charge in [-0.2, -0.15) is 0 Å². The number of rotatable bonds is 9. The molecule has 1 aliphatic heterocycles. The zero-order valence-electron chi connectivity index (χ0n) is 20.8. The van der Waals surface area contributed by atoms with Crippen LogP contribution in [-0.4, -0.2) is 36.0 Å². The van der Waals surface area contributed by atoms with Crippen molar-refractivity contribution in [2.45, 2.75) is 71.6 Å². The van der Waals surface area contributed by atoms with E-state index in [1.54, 1.807) is 0 Å². The van der Waals surface area contributed by atoms with Crippen LogP contribution in [-0.2, 0) is 20.9 Å². The van der Waals surface area contributed by atoms with Crippen molar-refractivity contribution in [3.05, 3.63) is 65.0 Å². The van der Waals surface area contributed by atoms with Crippen LogP contribution in [0.15, 0.2) is 42.5 Å². The zero-order chi connectivity index (χ0) is 24.6. The Morgan fingerprint density at radius 3 is 2.24 bits per heavy atom. The van der Waals surface area contributed by atoms with Gasteiger partial charge < -0.3 is 0 Å². The molecule has 6 heteroatoms. The molecule has 1 amide bonds. The quantitative estimate of drug-likeness (QED) is 0.320. The van der Waals surface area contributed by atoms with Gasteiger partial charge in [0.05, 0.1) is 0 Å². The molecule has 186 valence electrons. The third-order valence-electron chi connectivity index (χ3n) is 7.22. The molecule has 0 bridgehead atoms. The molecule has 1 atom stereocenters. The first-order chi connectivity index (χ1) is 16.3. The minimum atomic E-state index is -2.31. The number of ether oxygens (including phenoxy) is 1. The third kappa shape index (κ3) is 6.88. The van der Waals surface area contributed by atoms with Gasteiger partial charge in [-0.25, -0.2) is 0 Å². The third-order valence-corrected chi connectivity index (χ3v) is 12.9. The van der Waals surface area contributed by atoms with E-state index in [2.05, 4.69) is 12.2 Å². The van der Waals surface area contributed by atoms with Crippen LogP contribution in [0.25, 0.3) is 0 Å². The zero-order valence-corrected chi connectivity index (χ0v) is 21.8.